The predicted molar refractivity (Wildman–Crippen MR) is 122 cm³/mol. The molecule has 0 saturated heterocycles. The number of thiazole rings is 1. The Balaban J connectivity index is 1.85. The van der Waals surface area contributed by atoms with Crippen LogP contribution in [0.15, 0.2) is 56.8 Å². The molecule has 4 rings (SSSR count). The number of benzene rings is 2. The van der Waals surface area contributed by atoms with Crippen LogP contribution in [0.5, 0.6) is 5.75 Å². The van der Waals surface area contributed by atoms with Crippen LogP contribution in [0, 0.1) is 0 Å². The molecule has 0 atom stereocenters. The number of nitrogens with zero attached hydrogens (tertiary/aromatic N) is 2. The minimum absolute atomic E-state index is 0.00599. The number of ether oxygens (including phenoxy) is 2. The lowest BCUT2D eigenvalue weighted by molar-refractivity contribution is -0.143. The van der Waals surface area contributed by atoms with Crippen molar-refractivity contribution in [1.29, 1.82) is 0 Å². The van der Waals surface area contributed by atoms with Gasteiger partial charge in [0, 0.05) is 11.6 Å². The van der Waals surface area contributed by atoms with Gasteiger partial charge in [-0.25, -0.2) is 8.42 Å². The zero-order valence-corrected chi connectivity index (χ0v) is 19.7. The van der Waals surface area contributed by atoms with E-state index in [4.69, 9.17) is 13.9 Å². The summed E-state index contributed by atoms with van der Waals surface area (Å²) in [5.74, 6) is -0.668. The van der Waals surface area contributed by atoms with E-state index in [0.29, 0.717) is 26.9 Å². The molecule has 0 unspecified atom stereocenters. The molecule has 4 aromatic rings. The number of methoxy groups -OCH3 is 1. The number of sulfone groups is 1. The smallest absolute Gasteiger partial charge is 0.326 e. The van der Waals surface area contributed by atoms with Gasteiger partial charge < -0.3 is 18.5 Å². The summed E-state index contributed by atoms with van der Waals surface area (Å²) in [5, 5.41) is 0.682. The van der Waals surface area contributed by atoms with Crippen molar-refractivity contribution in [2.45, 2.75) is 18.4 Å². The molecule has 0 aliphatic carbocycles. The Morgan fingerprint density at radius 3 is 2.67 bits per heavy atom. The van der Waals surface area contributed by atoms with Crippen LogP contribution < -0.4 is 9.54 Å². The van der Waals surface area contributed by atoms with Crippen molar-refractivity contribution >= 4 is 54.2 Å². The van der Waals surface area contributed by atoms with Gasteiger partial charge in [0.05, 0.1) is 28.8 Å². The van der Waals surface area contributed by atoms with Crippen LogP contribution >= 0.6 is 11.3 Å². The zero-order valence-electron chi connectivity index (χ0n) is 18.0. The number of fused-ring (bicyclic) bond motifs is 2. The van der Waals surface area contributed by atoms with Gasteiger partial charge in [0.1, 0.15) is 6.54 Å². The number of carbonyl (C=O) groups is 2. The summed E-state index contributed by atoms with van der Waals surface area (Å²) in [5.41, 5.74) is 0.977. The van der Waals surface area contributed by atoms with E-state index in [1.54, 1.807) is 37.3 Å². The lowest BCUT2D eigenvalue weighted by Crippen LogP contribution is -2.23. The molecule has 0 fully saturated rings. The van der Waals surface area contributed by atoms with Gasteiger partial charge in [0.2, 0.25) is 0 Å². The van der Waals surface area contributed by atoms with Gasteiger partial charge in [-0.1, -0.05) is 23.5 Å². The van der Waals surface area contributed by atoms with Crippen LogP contribution in [0.2, 0.25) is 0 Å². The number of esters is 1. The third-order valence-corrected chi connectivity index (χ3v) is 6.96. The van der Waals surface area contributed by atoms with Crippen LogP contribution in [-0.2, 0) is 25.9 Å². The van der Waals surface area contributed by atoms with Gasteiger partial charge in [-0.2, -0.15) is 4.99 Å². The molecule has 0 aliphatic rings. The molecule has 11 heteroatoms. The van der Waals surface area contributed by atoms with Crippen LogP contribution in [0.4, 0.5) is 0 Å². The fourth-order valence-corrected chi connectivity index (χ4v) is 5.09. The fourth-order valence-electron chi connectivity index (χ4n) is 3.30. The summed E-state index contributed by atoms with van der Waals surface area (Å²) in [6.07, 6.45) is 1.11. The number of rotatable bonds is 6. The quantitative estimate of drug-likeness (QED) is 0.383. The van der Waals surface area contributed by atoms with E-state index in [9.17, 15) is 18.0 Å². The Hall–Kier alpha value is -3.44. The Morgan fingerprint density at radius 1 is 1.18 bits per heavy atom. The third kappa shape index (κ3) is 4.55. The number of hydrogen-bond donors (Lipinski definition) is 0. The maximum atomic E-state index is 12.9. The Morgan fingerprint density at radius 2 is 1.97 bits per heavy atom. The first-order valence-corrected chi connectivity index (χ1v) is 12.6. The van der Waals surface area contributed by atoms with E-state index in [1.165, 1.54) is 23.8 Å². The highest BCUT2D eigenvalue weighted by Gasteiger charge is 2.18. The van der Waals surface area contributed by atoms with E-state index in [0.717, 1.165) is 17.6 Å². The van der Waals surface area contributed by atoms with Crippen molar-refractivity contribution in [2.75, 3.05) is 20.0 Å². The summed E-state index contributed by atoms with van der Waals surface area (Å²) in [6, 6.07) is 11.4. The number of aromatic nitrogens is 1. The second kappa shape index (κ2) is 8.83. The maximum Gasteiger partial charge on any atom is 0.326 e. The van der Waals surface area contributed by atoms with Gasteiger partial charge in [-0.15, -0.1) is 0 Å². The zero-order chi connectivity index (χ0) is 23.8. The molecule has 2 aromatic carbocycles. The Labute approximate surface area is 192 Å². The van der Waals surface area contributed by atoms with E-state index < -0.39 is 21.7 Å². The van der Waals surface area contributed by atoms with Gasteiger partial charge in [-0.05, 0) is 37.3 Å². The Bertz CT molecular complexity index is 1560. The summed E-state index contributed by atoms with van der Waals surface area (Å²) in [6.45, 7) is 1.70. The second-order valence-electron chi connectivity index (χ2n) is 7.08. The molecule has 1 amide bonds. The number of carbonyl (C=O) groups excluding carboxylic acids is 2. The van der Waals surface area contributed by atoms with Gasteiger partial charge >= 0.3 is 11.9 Å². The van der Waals surface area contributed by atoms with Crippen LogP contribution in [0.3, 0.4) is 0 Å². The first kappa shape index (κ1) is 22.7. The summed E-state index contributed by atoms with van der Waals surface area (Å²) < 4.78 is 42.0. The number of furan rings is 1. The minimum Gasteiger partial charge on any atom is -0.493 e. The highest BCUT2D eigenvalue weighted by atomic mass is 32.2. The van der Waals surface area contributed by atoms with Crippen molar-refractivity contribution in [3.05, 3.63) is 53.0 Å². The molecule has 9 nitrogen and oxygen atoms in total. The van der Waals surface area contributed by atoms with E-state index in [2.05, 4.69) is 4.99 Å². The van der Waals surface area contributed by atoms with Gasteiger partial charge in [0.15, 0.2) is 31.7 Å². The fraction of sp³-hybridized carbons (Fsp3) is 0.227. The van der Waals surface area contributed by atoms with Crippen molar-refractivity contribution in [1.82, 2.24) is 4.57 Å². The van der Waals surface area contributed by atoms with Crippen molar-refractivity contribution in [3.63, 3.8) is 0 Å². The summed E-state index contributed by atoms with van der Waals surface area (Å²) in [7, 11) is -1.93. The van der Waals surface area contributed by atoms with Crippen molar-refractivity contribution in [3.8, 4) is 5.75 Å². The maximum absolute atomic E-state index is 12.9. The standard InChI is InChI=1S/C22H20N2O7S2/c1-4-30-19(25)12-24-15-9-8-14(33(3,27)28)11-18(15)32-22(24)23-21(26)17-10-13-6-5-7-16(29-2)20(13)31-17/h5-11H,4,12H2,1-3H3. The molecule has 0 bridgehead atoms. The molecule has 0 aliphatic heterocycles. The molecule has 2 heterocycles. The van der Waals surface area contributed by atoms with Crippen LogP contribution in [0.1, 0.15) is 17.5 Å². The molecule has 0 saturated carbocycles. The number of amides is 1. The lowest BCUT2D eigenvalue weighted by Gasteiger charge is -2.05. The Kier molecular flexibility index (Phi) is 6.09. The average Bonchev–Trinajstić information content (AvgIpc) is 3.34. The molecule has 33 heavy (non-hydrogen) atoms. The first-order valence-electron chi connectivity index (χ1n) is 9.86. The SMILES string of the molecule is CCOC(=O)Cn1c(=NC(=O)c2cc3cccc(OC)c3o2)sc2cc(S(C)(=O)=O)ccc21. The normalized spacial score (nSPS) is 12.4. The summed E-state index contributed by atoms with van der Waals surface area (Å²) >= 11 is 1.09. The monoisotopic (exact) mass is 488 g/mol. The molecular formula is C22H20N2O7S2. The lowest BCUT2D eigenvalue weighted by atomic mass is 10.2. The van der Waals surface area contributed by atoms with E-state index in [-0.39, 0.29) is 28.6 Å². The highest BCUT2D eigenvalue weighted by molar-refractivity contribution is 7.90. The highest BCUT2D eigenvalue weighted by Crippen LogP contribution is 2.29. The van der Waals surface area contributed by atoms with Gasteiger partial charge in [-0.3, -0.25) is 9.59 Å². The number of hydrogen-bond acceptors (Lipinski definition) is 8. The van der Waals surface area contributed by atoms with Crippen molar-refractivity contribution in [2.24, 2.45) is 4.99 Å². The molecule has 172 valence electrons. The van der Waals surface area contributed by atoms with Crippen molar-refractivity contribution < 1.29 is 31.9 Å². The third-order valence-electron chi connectivity index (χ3n) is 4.81. The predicted octanol–water partition coefficient (Wildman–Crippen LogP) is 3.17. The summed E-state index contributed by atoms with van der Waals surface area (Å²) in [4.78, 5) is 29.6. The van der Waals surface area contributed by atoms with Crippen LogP contribution in [0.25, 0.3) is 21.2 Å². The largest absolute Gasteiger partial charge is 0.493 e. The molecule has 2 aromatic heterocycles. The minimum atomic E-state index is -3.44. The van der Waals surface area contributed by atoms with Gasteiger partial charge in [0.25, 0.3) is 0 Å². The number of para-hydroxylation sites is 1. The molecule has 0 N–H and O–H groups in total. The second-order valence-corrected chi connectivity index (χ2v) is 10.1. The van der Waals surface area contributed by atoms with Crippen LogP contribution in [-0.4, -0.2) is 44.8 Å². The van der Waals surface area contributed by atoms with E-state index >= 15 is 0 Å². The topological polar surface area (TPSA) is 117 Å². The first-order chi connectivity index (χ1) is 15.7. The average molecular weight is 489 g/mol. The van der Waals surface area contributed by atoms with E-state index in [1.807, 2.05) is 0 Å². The molecular weight excluding hydrogens is 468 g/mol. The molecule has 0 radical (unpaired) electrons. The molecule has 0 spiro atoms.